The van der Waals surface area contributed by atoms with Crippen LogP contribution in [0.4, 0.5) is 4.79 Å². The van der Waals surface area contributed by atoms with Crippen molar-refractivity contribution in [2.75, 3.05) is 53.4 Å². The molecule has 0 atom stereocenters. The fourth-order valence-corrected chi connectivity index (χ4v) is 8.33. The molecule has 11 nitrogen and oxygen atoms in total. The van der Waals surface area contributed by atoms with E-state index in [2.05, 4.69) is 15.4 Å². The van der Waals surface area contributed by atoms with Gasteiger partial charge in [-0.05, 0) is 33.6 Å². The Bertz CT molecular complexity index is 627. The Morgan fingerprint density at radius 3 is 2.06 bits per heavy atom. The molecule has 0 aliphatic rings. The highest BCUT2D eigenvalue weighted by Gasteiger charge is 2.39. The summed E-state index contributed by atoms with van der Waals surface area (Å²) in [5.74, 6) is 0.769. The van der Waals surface area contributed by atoms with Gasteiger partial charge in [0.25, 0.3) is 0 Å². The lowest BCUT2D eigenvalue weighted by atomic mass is 10.5. The first-order valence-electron chi connectivity index (χ1n) is 10.8. The SMILES string of the molecule is CCO[Si](CCCSc1ncn(C(=O)NCCC[Si](OC)(OC)OC)n1)(OCC)OCC. The van der Waals surface area contributed by atoms with Crippen LogP contribution < -0.4 is 5.32 Å². The molecule has 0 aromatic carbocycles. The van der Waals surface area contributed by atoms with Gasteiger partial charge in [-0.15, -0.1) is 5.10 Å². The first-order valence-corrected chi connectivity index (χ1v) is 15.7. The van der Waals surface area contributed by atoms with Gasteiger partial charge in [0.05, 0.1) is 0 Å². The summed E-state index contributed by atoms with van der Waals surface area (Å²) in [4.78, 5) is 16.5. The summed E-state index contributed by atoms with van der Waals surface area (Å²) in [6.45, 7) is 7.97. The van der Waals surface area contributed by atoms with Crippen molar-refractivity contribution in [3.63, 3.8) is 0 Å². The first-order chi connectivity index (χ1) is 15.4. The maximum atomic E-state index is 12.3. The molecule has 1 heterocycles. The van der Waals surface area contributed by atoms with Crippen molar-refractivity contribution in [2.24, 2.45) is 0 Å². The third-order valence-electron chi connectivity index (χ3n) is 4.50. The van der Waals surface area contributed by atoms with Crippen LogP contribution in [0.25, 0.3) is 0 Å². The highest BCUT2D eigenvalue weighted by Crippen LogP contribution is 2.22. The van der Waals surface area contributed by atoms with Crippen LogP contribution in [0.15, 0.2) is 11.5 Å². The zero-order chi connectivity index (χ0) is 23.9. The molecule has 14 heteroatoms. The first kappa shape index (κ1) is 29.2. The molecular weight excluding hydrogens is 472 g/mol. The topological polar surface area (TPSA) is 115 Å². The molecule has 32 heavy (non-hydrogen) atoms. The number of thioether (sulfide) groups is 1. The van der Waals surface area contributed by atoms with Gasteiger partial charge in [-0.3, -0.25) is 0 Å². The molecular formula is C18H38N4O7SSi2. The summed E-state index contributed by atoms with van der Waals surface area (Å²) in [7, 11) is -0.555. The normalized spacial score (nSPS) is 12.3. The van der Waals surface area contributed by atoms with Crippen LogP contribution in [0.2, 0.25) is 12.1 Å². The van der Waals surface area contributed by atoms with E-state index in [1.54, 1.807) is 21.3 Å². The lowest BCUT2D eigenvalue weighted by Crippen LogP contribution is -2.46. The zero-order valence-corrected chi connectivity index (χ0v) is 22.9. The molecule has 0 bridgehead atoms. The molecule has 0 aliphatic carbocycles. The maximum Gasteiger partial charge on any atom is 0.500 e. The van der Waals surface area contributed by atoms with E-state index in [1.807, 2.05) is 20.8 Å². The summed E-state index contributed by atoms with van der Waals surface area (Å²) >= 11 is 1.48. The number of carbonyl (C=O) groups is 1. The fraction of sp³-hybridized carbons (Fsp3) is 0.833. The highest BCUT2D eigenvalue weighted by atomic mass is 32.2. The number of hydrogen-bond donors (Lipinski definition) is 1. The van der Waals surface area contributed by atoms with Crippen LogP contribution in [-0.4, -0.2) is 91.9 Å². The van der Waals surface area contributed by atoms with Crippen LogP contribution in [0, 0.1) is 0 Å². The van der Waals surface area contributed by atoms with Crippen molar-refractivity contribution in [2.45, 2.75) is 50.9 Å². The van der Waals surface area contributed by atoms with Gasteiger partial charge in [-0.25, -0.2) is 9.78 Å². The van der Waals surface area contributed by atoms with E-state index in [-0.39, 0.29) is 6.03 Å². The molecule has 0 spiro atoms. The van der Waals surface area contributed by atoms with E-state index in [0.717, 1.165) is 18.2 Å². The zero-order valence-electron chi connectivity index (χ0n) is 20.0. The van der Waals surface area contributed by atoms with Crippen molar-refractivity contribution in [3.05, 3.63) is 6.33 Å². The Morgan fingerprint density at radius 2 is 1.53 bits per heavy atom. The van der Waals surface area contributed by atoms with Gasteiger partial charge in [-0.1, -0.05) is 11.8 Å². The molecule has 0 aliphatic heterocycles. The van der Waals surface area contributed by atoms with Gasteiger partial charge in [0.15, 0.2) is 0 Å². The number of amides is 1. The van der Waals surface area contributed by atoms with Gasteiger partial charge in [0.2, 0.25) is 5.16 Å². The molecule has 0 radical (unpaired) electrons. The van der Waals surface area contributed by atoms with Crippen molar-refractivity contribution in [1.29, 1.82) is 0 Å². The quantitative estimate of drug-likeness (QED) is 0.179. The Morgan fingerprint density at radius 1 is 0.969 bits per heavy atom. The smallest absolute Gasteiger partial charge is 0.377 e. The minimum absolute atomic E-state index is 0.334. The number of nitrogens with one attached hydrogen (secondary N) is 1. The third kappa shape index (κ3) is 9.56. The Balaban J connectivity index is 2.42. The minimum atomic E-state index is -2.63. The predicted octanol–water partition coefficient (Wildman–Crippen LogP) is 2.63. The van der Waals surface area contributed by atoms with E-state index < -0.39 is 17.6 Å². The second-order valence-electron chi connectivity index (χ2n) is 6.54. The van der Waals surface area contributed by atoms with Gasteiger partial charge in [0.1, 0.15) is 6.33 Å². The molecule has 1 aromatic rings. The summed E-state index contributed by atoms with van der Waals surface area (Å²) in [6.07, 6.45) is 2.91. The second-order valence-corrected chi connectivity index (χ2v) is 13.4. The average molecular weight is 511 g/mol. The van der Waals surface area contributed by atoms with Crippen molar-refractivity contribution >= 4 is 35.4 Å². The summed E-state index contributed by atoms with van der Waals surface area (Å²) in [5.41, 5.74) is 0. The van der Waals surface area contributed by atoms with Crippen LogP contribution in [0.5, 0.6) is 0 Å². The van der Waals surface area contributed by atoms with Gasteiger partial charge in [-0.2, -0.15) is 4.68 Å². The van der Waals surface area contributed by atoms with Crippen LogP contribution in [0.1, 0.15) is 33.6 Å². The average Bonchev–Trinajstić information content (AvgIpc) is 3.27. The number of aromatic nitrogens is 3. The van der Waals surface area contributed by atoms with Crippen LogP contribution >= 0.6 is 11.8 Å². The molecule has 186 valence electrons. The summed E-state index contributed by atoms with van der Waals surface area (Å²) in [6, 6.07) is 0.997. The van der Waals surface area contributed by atoms with E-state index in [4.69, 9.17) is 26.6 Å². The number of hydrogen-bond acceptors (Lipinski definition) is 10. The van der Waals surface area contributed by atoms with Crippen LogP contribution in [-0.2, 0) is 26.6 Å². The number of nitrogens with zero attached hydrogens (tertiary/aromatic N) is 3. The van der Waals surface area contributed by atoms with E-state index in [0.29, 0.717) is 44.0 Å². The van der Waals surface area contributed by atoms with Gasteiger partial charge < -0.3 is 31.9 Å². The van der Waals surface area contributed by atoms with Gasteiger partial charge in [0, 0.05) is 65.5 Å². The standard InChI is InChI=1S/C18H38N4O7SSi2/c1-7-27-32(28-8-2,29-9-3)15-11-13-30-17-20-16-22(21-17)18(23)19-12-10-14-31(24-4,25-5)26-6/h16H,7-15H2,1-6H3,(H,19,23). The molecule has 0 fully saturated rings. The maximum absolute atomic E-state index is 12.3. The monoisotopic (exact) mass is 510 g/mol. The predicted molar refractivity (Wildman–Crippen MR) is 126 cm³/mol. The van der Waals surface area contributed by atoms with Crippen molar-refractivity contribution < 1.29 is 31.4 Å². The fourth-order valence-electron chi connectivity index (χ4n) is 3.00. The summed E-state index contributed by atoms with van der Waals surface area (Å²) in [5, 5.41) is 7.59. The molecule has 1 rings (SSSR count). The van der Waals surface area contributed by atoms with E-state index >= 15 is 0 Å². The van der Waals surface area contributed by atoms with E-state index in [1.165, 1.54) is 22.8 Å². The summed E-state index contributed by atoms with van der Waals surface area (Å²) < 4.78 is 34.9. The minimum Gasteiger partial charge on any atom is -0.377 e. The lowest BCUT2D eigenvalue weighted by Gasteiger charge is -2.28. The Labute approximate surface area is 197 Å². The number of rotatable bonds is 18. The molecule has 1 amide bonds. The second kappa shape index (κ2) is 15.9. The van der Waals surface area contributed by atoms with Gasteiger partial charge >= 0.3 is 23.6 Å². The van der Waals surface area contributed by atoms with Crippen molar-refractivity contribution in [1.82, 2.24) is 20.1 Å². The Kier molecular flexibility index (Phi) is 14.5. The number of carbonyl (C=O) groups excluding carboxylic acids is 1. The molecule has 0 saturated heterocycles. The Hall–Kier alpha value is -0.846. The van der Waals surface area contributed by atoms with E-state index in [9.17, 15) is 4.79 Å². The van der Waals surface area contributed by atoms with Crippen molar-refractivity contribution in [3.8, 4) is 0 Å². The molecule has 1 N–H and O–H groups in total. The van der Waals surface area contributed by atoms with Crippen LogP contribution in [0.3, 0.4) is 0 Å². The largest absolute Gasteiger partial charge is 0.500 e. The lowest BCUT2D eigenvalue weighted by molar-refractivity contribution is 0.0712. The molecule has 1 aromatic heterocycles. The molecule has 0 unspecified atom stereocenters. The highest BCUT2D eigenvalue weighted by molar-refractivity contribution is 7.99. The molecule has 0 saturated carbocycles. The third-order valence-corrected chi connectivity index (χ3v) is 11.4.